The Kier molecular flexibility index (Phi) is 7.05. The van der Waals surface area contributed by atoms with Crippen molar-refractivity contribution in [3.8, 4) is 0 Å². The Labute approximate surface area is 92.9 Å². The molecule has 0 aromatic rings. The summed E-state index contributed by atoms with van der Waals surface area (Å²) >= 11 is 0. The van der Waals surface area contributed by atoms with E-state index in [9.17, 15) is 4.79 Å². The molecule has 0 aliphatic heterocycles. The first-order chi connectivity index (χ1) is 7.02. The fraction of sp³-hybridized carbons (Fsp3) is 0.750. The minimum Gasteiger partial charge on any atom is -0.377 e. The number of carbonyl (C=O) groups excluding carboxylic acids is 1. The van der Waals surface area contributed by atoms with Gasteiger partial charge in [-0.05, 0) is 12.8 Å². The second kappa shape index (κ2) is 7.46. The van der Waals surface area contributed by atoms with Crippen molar-refractivity contribution in [2.45, 2.75) is 33.8 Å². The maximum Gasteiger partial charge on any atom is 0.225 e. The third-order valence-electron chi connectivity index (χ3n) is 2.25. The van der Waals surface area contributed by atoms with Crippen LogP contribution in [-0.4, -0.2) is 25.7 Å². The van der Waals surface area contributed by atoms with E-state index in [0.717, 1.165) is 6.54 Å². The third-order valence-corrected chi connectivity index (χ3v) is 2.25. The second-order valence-corrected chi connectivity index (χ2v) is 4.15. The van der Waals surface area contributed by atoms with Crippen LogP contribution in [0.1, 0.15) is 27.7 Å². The van der Waals surface area contributed by atoms with Crippen LogP contribution in [0.2, 0.25) is 0 Å². The van der Waals surface area contributed by atoms with E-state index in [1.54, 1.807) is 7.11 Å². The van der Waals surface area contributed by atoms with Crippen LogP contribution in [0, 0.1) is 11.8 Å². The van der Waals surface area contributed by atoms with Gasteiger partial charge in [-0.3, -0.25) is 4.79 Å². The molecule has 0 radical (unpaired) electrons. The number of hydrogen-bond donors (Lipinski definition) is 1. The van der Waals surface area contributed by atoms with Gasteiger partial charge in [0.05, 0.1) is 12.0 Å². The maximum absolute atomic E-state index is 11.7. The predicted octanol–water partition coefficient (Wildman–Crippen LogP) is 1.99. The first-order valence-corrected chi connectivity index (χ1v) is 5.46. The van der Waals surface area contributed by atoms with Crippen LogP contribution in [0.3, 0.4) is 0 Å². The number of methoxy groups -OCH3 is 1. The normalized spacial score (nSPS) is 15.6. The Morgan fingerprint density at radius 2 is 2.00 bits per heavy atom. The zero-order valence-corrected chi connectivity index (χ0v) is 10.4. The van der Waals surface area contributed by atoms with E-state index in [-0.39, 0.29) is 17.9 Å². The molecule has 0 aliphatic rings. The van der Waals surface area contributed by atoms with Crippen molar-refractivity contribution in [2.75, 3.05) is 13.7 Å². The van der Waals surface area contributed by atoms with Crippen LogP contribution in [0.25, 0.3) is 0 Å². The minimum absolute atomic E-state index is 0.0497. The van der Waals surface area contributed by atoms with E-state index < -0.39 is 0 Å². The molecule has 0 saturated heterocycles. The summed E-state index contributed by atoms with van der Waals surface area (Å²) < 4.78 is 5.23. The van der Waals surface area contributed by atoms with Crippen LogP contribution in [0.5, 0.6) is 0 Å². The molecule has 0 aromatic carbocycles. The molecule has 0 aromatic heterocycles. The summed E-state index contributed by atoms with van der Waals surface area (Å²) in [5.74, 6) is 0.377. The number of allylic oxidation sites excluding steroid dienone is 1. The molecule has 0 fully saturated rings. The van der Waals surface area contributed by atoms with Crippen molar-refractivity contribution in [1.82, 2.24) is 5.32 Å². The van der Waals surface area contributed by atoms with Crippen molar-refractivity contribution in [2.24, 2.45) is 11.8 Å². The molecule has 2 unspecified atom stereocenters. The largest absolute Gasteiger partial charge is 0.377 e. The Bertz CT molecular complexity index is 212. The summed E-state index contributed by atoms with van der Waals surface area (Å²) in [6.45, 7) is 8.67. The van der Waals surface area contributed by atoms with Gasteiger partial charge < -0.3 is 10.1 Å². The van der Waals surface area contributed by atoms with Gasteiger partial charge in [0.2, 0.25) is 5.91 Å². The molecule has 1 amide bonds. The smallest absolute Gasteiger partial charge is 0.225 e. The van der Waals surface area contributed by atoms with Crippen molar-refractivity contribution in [3.05, 3.63) is 12.2 Å². The van der Waals surface area contributed by atoms with Crippen LogP contribution in [0.15, 0.2) is 12.2 Å². The highest BCUT2D eigenvalue weighted by Crippen LogP contribution is 2.08. The molecule has 0 aliphatic carbocycles. The van der Waals surface area contributed by atoms with Gasteiger partial charge in [-0.1, -0.05) is 32.9 Å². The predicted molar refractivity (Wildman–Crippen MR) is 62.6 cm³/mol. The van der Waals surface area contributed by atoms with E-state index in [2.05, 4.69) is 19.2 Å². The number of rotatable bonds is 6. The fourth-order valence-electron chi connectivity index (χ4n) is 1.25. The molecule has 0 bridgehead atoms. The Morgan fingerprint density at radius 3 is 2.40 bits per heavy atom. The maximum atomic E-state index is 11.7. The number of amides is 1. The van der Waals surface area contributed by atoms with Gasteiger partial charge in [-0.25, -0.2) is 0 Å². The lowest BCUT2D eigenvalue weighted by Crippen LogP contribution is -2.37. The summed E-state index contributed by atoms with van der Waals surface area (Å²) in [7, 11) is 1.62. The van der Waals surface area contributed by atoms with Gasteiger partial charge >= 0.3 is 0 Å². The summed E-state index contributed by atoms with van der Waals surface area (Å²) in [5, 5.41) is 2.90. The molecule has 2 atom stereocenters. The molecule has 0 rings (SSSR count). The van der Waals surface area contributed by atoms with Crippen molar-refractivity contribution >= 4 is 5.91 Å². The highest BCUT2D eigenvalue weighted by atomic mass is 16.5. The third kappa shape index (κ3) is 5.57. The Balaban J connectivity index is 4.16. The number of ether oxygens (including phenoxy) is 1. The van der Waals surface area contributed by atoms with Gasteiger partial charge in [-0.2, -0.15) is 0 Å². The average molecular weight is 213 g/mol. The van der Waals surface area contributed by atoms with Gasteiger partial charge in [0.15, 0.2) is 0 Å². The number of carbonyl (C=O) groups is 1. The molecular weight excluding hydrogens is 190 g/mol. The van der Waals surface area contributed by atoms with E-state index in [1.807, 2.05) is 26.0 Å². The summed E-state index contributed by atoms with van der Waals surface area (Å²) in [6, 6.07) is 0. The molecule has 0 saturated carbocycles. The average Bonchev–Trinajstić information content (AvgIpc) is 2.21. The molecular formula is C12H23NO2. The van der Waals surface area contributed by atoms with Gasteiger partial charge in [-0.15, -0.1) is 0 Å². The lowest BCUT2D eigenvalue weighted by Gasteiger charge is -2.19. The summed E-state index contributed by atoms with van der Waals surface area (Å²) in [5.41, 5.74) is 0. The SMILES string of the molecule is CC=CC(OC)C(C)C(=O)NCC(C)C. The highest BCUT2D eigenvalue weighted by molar-refractivity contribution is 5.79. The molecule has 15 heavy (non-hydrogen) atoms. The van der Waals surface area contributed by atoms with Crippen molar-refractivity contribution in [1.29, 1.82) is 0 Å². The lowest BCUT2D eigenvalue weighted by molar-refractivity contribution is -0.127. The van der Waals surface area contributed by atoms with E-state index in [1.165, 1.54) is 0 Å². The zero-order valence-electron chi connectivity index (χ0n) is 10.4. The van der Waals surface area contributed by atoms with Crippen LogP contribution in [0.4, 0.5) is 0 Å². The molecule has 0 spiro atoms. The quantitative estimate of drug-likeness (QED) is 0.685. The van der Waals surface area contributed by atoms with Crippen LogP contribution < -0.4 is 5.32 Å². The standard InChI is InChI=1S/C12H23NO2/c1-6-7-11(15-5)10(4)12(14)13-8-9(2)3/h6-7,9-11H,8H2,1-5H3,(H,13,14). The van der Waals surface area contributed by atoms with Gasteiger partial charge in [0.1, 0.15) is 0 Å². The van der Waals surface area contributed by atoms with Gasteiger partial charge in [0, 0.05) is 13.7 Å². The number of nitrogens with one attached hydrogen (secondary N) is 1. The zero-order chi connectivity index (χ0) is 11.8. The summed E-state index contributed by atoms with van der Waals surface area (Å²) in [4.78, 5) is 11.7. The topological polar surface area (TPSA) is 38.3 Å². The molecule has 0 heterocycles. The summed E-state index contributed by atoms with van der Waals surface area (Å²) in [6.07, 6.45) is 3.67. The molecule has 88 valence electrons. The molecule has 1 N–H and O–H groups in total. The van der Waals surface area contributed by atoms with Gasteiger partial charge in [0.25, 0.3) is 0 Å². The molecule has 3 nitrogen and oxygen atoms in total. The monoisotopic (exact) mass is 213 g/mol. The first kappa shape index (κ1) is 14.2. The Hall–Kier alpha value is -0.830. The van der Waals surface area contributed by atoms with E-state index >= 15 is 0 Å². The fourth-order valence-corrected chi connectivity index (χ4v) is 1.25. The molecule has 3 heteroatoms. The second-order valence-electron chi connectivity index (χ2n) is 4.15. The lowest BCUT2D eigenvalue weighted by atomic mass is 10.0. The van der Waals surface area contributed by atoms with E-state index in [0.29, 0.717) is 5.92 Å². The first-order valence-electron chi connectivity index (χ1n) is 5.46. The number of hydrogen-bond acceptors (Lipinski definition) is 2. The van der Waals surface area contributed by atoms with Crippen LogP contribution >= 0.6 is 0 Å². The minimum atomic E-state index is -0.148. The highest BCUT2D eigenvalue weighted by Gasteiger charge is 2.21. The van der Waals surface area contributed by atoms with E-state index in [4.69, 9.17) is 4.74 Å². The Morgan fingerprint density at radius 1 is 1.40 bits per heavy atom. The van der Waals surface area contributed by atoms with Crippen molar-refractivity contribution in [3.63, 3.8) is 0 Å². The van der Waals surface area contributed by atoms with Crippen molar-refractivity contribution < 1.29 is 9.53 Å². The van der Waals surface area contributed by atoms with Crippen LogP contribution in [-0.2, 0) is 9.53 Å².